The average molecular weight is 217 g/mol. The lowest BCUT2D eigenvalue weighted by molar-refractivity contribution is -0.120. The third-order valence-electron chi connectivity index (χ3n) is 2.22. The van der Waals surface area contributed by atoms with E-state index in [1.165, 1.54) is 12.2 Å². The number of amides is 2. The van der Waals surface area contributed by atoms with Gasteiger partial charge in [0.1, 0.15) is 5.75 Å². The molecular formula is C12H11NO3. The number of carbonyl (C=O) groups is 2. The van der Waals surface area contributed by atoms with Gasteiger partial charge in [0, 0.05) is 12.2 Å². The Balaban J connectivity index is 2.40. The van der Waals surface area contributed by atoms with Gasteiger partial charge in [-0.05, 0) is 19.1 Å². The molecule has 0 saturated carbocycles. The monoisotopic (exact) mass is 217 g/mol. The number of nitrogens with zero attached hydrogens (tertiary/aromatic N) is 1. The lowest BCUT2D eigenvalue weighted by Gasteiger charge is -2.17. The largest absolute Gasteiger partial charge is 0.492 e. The van der Waals surface area contributed by atoms with Gasteiger partial charge in [-0.2, -0.15) is 0 Å². The van der Waals surface area contributed by atoms with E-state index in [1.54, 1.807) is 24.3 Å². The Morgan fingerprint density at radius 3 is 2.38 bits per heavy atom. The van der Waals surface area contributed by atoms with E-state index in [2.05, 4.69) is 0 Å². The molecule has 0 spiro atoms. The van der Waals surface area contributed by atoms with Gasteiger partial charge in [0.05, 0.1) is 12.3 Å². The van der Waals surface area contributed by atoms with E-state index in [0.717, 1.165) is 4.90 Å². The number of para-hydroxylation sites is 2. The molecule has 1 aromatic carbocycles. The Labute approximate surface area is 93.1 Å². The van der Waals surface area contributed by atoms with Crippen molar-refractivity contribution in [1.82, 2.24) is 0 Å². The zero-order chi connectivity index (χ0) is 11.5. The highest BCUT2D eigenvalue weighted by molar-refractivity contribution is 6.28. The van der Waals surface area contributed by atoms with Crippen molar-refractivity contribution >= 4 is 17.5 Å². The summed E-state index contributed by atoms with van der Waals surface area (Å²) in [6.07, 6.45) is 2.51. The molecule has 4 heteroatoms. The van der Waals surface area contributed by atoms with Crippen LogP contribution in [-0.2, 0) is 9.59 Å². The number of hydrogen-bond donors (Lipinski definition) is 0. The molecule has 1 heterocycles. The molecule has 0 bridgehead atoms. The Kier molecular flexibility index (Phi) is 2.72. The molecule has 16 heavy (non-hydrogen) atoms. The first-order chi connectivity index (χ1) is 7.74. The molecule has 0 saturated heterocycles. The van der Waals surface area contributed by atoms with Crippen LogP contribution in [0.15, 0.2) is 36.4 Å². The number of benzene rings is 1. The van der Waals surface area contributed by atoms with Gasteiger partial charge in [-0.15, -0.1) is 0 Å². The molecule has 0 radical (unpaired) electrons. The van der Waals surface area contributed by atoms with Gasteiger partial charge >= 0.3 is 0 Å². The minimum absolute atomic E-state index is 0.336. The third-order valence-corrected chi connectivity index (χ3v) is 2.22. The van der Waals surface area contributed by atoms with E-state index in [4.69, 9.17) is 4.74 Å². The van der Waals surface area contributed by atoms with Crippen LogP contribution in [0.3, 0.4) is 0 Å². The fourth-order valence-electron chi connectivity index (χ4n) is 1.56. The quantitative estimate of drug-likeness (QED) is 0.721. The zero-order valence-electron chi connectivity index (χ0n) is 8.84. The Bertz CT molecular complexity index is 447. The van der Waals surface area contributed by atoms with E-state index >= 15 is 0 Å². The molecule has 4 nitrogen and oxygen atoms in total. The van der Waals surface area contributed by atoms with Crippen LogP contribution >= 0.6 is 0 Å². The smallest absolute Gasteiger partial charge is 0.258 e. The number of carbonyl (C=O) groups excluding carboxylic acids is 2. The van der Waals surface area contributed by atoms with Crippen molar-refractivity contribution in [2.75, 3.05) is 11.5 Å². The fourth-order valence-corrected chi connectivity index (χ4v) is 1.56. The SMILES string of the molecule is CCOc1ccccc1N1C(=O)C=CC1=O. The summed E-state index contributed by atoms with van der Waals surface area (Å²) in [5, 5.41) is 0. The maximum Gasteiger partial charge on any atom is 0.258 e. The molecule has 0 aliphatic carbocycles. The van der Waals surface area contributed by atoms with Crippen LogP contribution in [0.2, 0.25) is 0 Å². The first-order valence-corrected chi connectivity index (χ1v) is 5.02. The first kappa shape index (κ1) is 10.4. The van der Waals surface area contributed by atoms with Crippen molar-refractivity contribution in [2.24, 2.45) is 0 Å². The van der Waals surface area contributed by atoms with Gasteiger partial charge in [0.15, 0.2) is 0 Å². The zero-order valence-corrected chi connectivity index (χ0v) is 8.84. The molecule has 0 aromatic heterocycles. The van der Waals surface area contributed by atoms with Crippen molar-refractivity contribution in [3.8, 4) is 5.75 Å². The van der Waals surface area contributed by atoms with Crippen molar-refractivity contribution in [3.63, 3.8) is 0 Å². The van der Waals surface area contributed by atoms with E-state index in [9.17, 15) is 9.59 Å². The predicted molar refractivity (Wildman–Crippen MR) is 59.2 cm³/mol. The molecule has 1 aliphatic heterocycles. The number of hydrogen-bond acceptors (Lipinski definition) is 3. The number of ether oxygens (including phenoxy) is 1. The lowest BCUT2D eigenvalue weighted by atomic mass is 10.2. The molecule has 1 aliphatic rings. The maximum atomic E-state index is 11.5. The van der Waals surface area contributed by atoms with Gasteiger partial charge < -0.3 is 4.74 Å². The van der Waals surface area contributed by atoms with E-state index in [1.807, 2.05) is 6.92 Å². The van der Waals surface area contributed by atoms with Crippen molar-refractivity contribution in [1.29, 1.82) is 0 Å². The molecule has 0 N–H and O–H groups in total. The van der Waals surface area contributed by atoms with Gasteiger partial charge in [0.25, 0.3) is 11.8 Å². The summed E-state index contributed by atoms with van der Waals surface area (Å²) >= 11 is 0. The van der Waals surface area contributed by atoms with Crippen molar-refractivity contribution in [2.45, 2.75) is 6.92 Å². The summed E-state index contributed by atoms with van der Waals surface area (Å²) in [5.74, 6) is -0.135. The summed E-state index contributed by atoms with van der Waals surface area (Å²) in [6.45, 7) is 2.34. The summed E-state index contributed by atoms with van der Waals surface area (Å²) in [5.41, 5.74) is 0.490. The van der Waals surface area contributed by atoms with Crippen molar-refractivity contribution in [3.05, 3.63) is 36.4 Å². The van der Waals surface area contributed by atoms with Crippen LogP contribution in [0, 0.1) is 0 Å². The van der Waals surface area contributed by atoms with Gasteiger partial charge in [-0.3, -0.25) is 9.59 Å². The maximum absolute atomic E-state index is 11.5. The molecular weight excluding hydrogens is 206 g/mol. The Morgan fingerprint density at radius 1 is 1.12 bits per heavy atom. The predicted octanol–water partition coefficient (Wildman–Crippen LogP) is 1.51. The minimum Gasteiger partial charge on any atom is -0.492 e. The van der Waals surface area contributed by atoms with E-state index in [0.29, 0.717) is 18.0 Å². The van der Waals surface area contributed by atoms with E-state index < -0.39 is 0 Å². The van der Waals surface area contributed by atoms with Gasteiger partial charge in [-0.1, -0.05) is 12.1 Å². The normalized spacial score (nSPS) is 14.7. The average Bonchev–Trinajstić information content (AvgIpc) is 2.60. The molecule has 1 aromatic rings. The van der Waals surface area contributed by atoms with Crippen LogP contribution in [0.25, 0.3) is 0 Å². The van der Waals surface area contributed by atoms with Gasteiger partial charge in [0.2, 0.25) is 0 Å². The number of anilines is 1. The van der Waals surface area contributed by atoms with Crippen LogP contribution in [0.4, 0.5) is 5.69 Å². The molecule has 82 valence electrons. The minimum atomic E-state index is -0.336. The van der Waals surface area contributed by atoms with Crippen LogP contribution < -0.4 is 9.64 Å². The Hall–Kier alpha value is -2.10. The van der Waals surface area contributed by atoms with Crippen LogP contribution in [-0.4, -0.2) is 18.4 Å². The lowest BCUT2D eigenvalue weighted by Crippen LogP contribution is -2.29. The van der Waals surface area contributed by atoms with E-state index in [-0.39, 0.29) is 11.8 Å². The number of rotatable bonds is 3. The Morgan fingerprint density at radius 2 is 1.75 bits per heavy atom. The first-order valence-electron chi connectivity index (χ1n) is 5.02. The topological polar surface area (TPSA) is 46.6 Å². The fraction of sp³-hybridized carbons (Fsp3) is 0.167. The molecule has 2 rings (SSSR count). The molecule has 0 fully saturated rings. The molecule has 0 unspecified atom stereocenters. The van der Waals surface area contributed by atoms with Crippen LogP contribution in [0.5, 0.6) is 5.75 Å². The molecule has 2 amide bonds. The number of imide groups is 1. The summed E-state index contributed by atoms with van der Waals surface area (Å²) < 4.78 is 5.37. The summed E-state index contributed by atoms with van der Waals surface area (Å²) in [6, 6.07) is 6.98. The second-order valence-corrected chi connectivity index (χ2v) is 3.25. The van der Waals surface area contributed by atoms with Crippen molar-refractivity contribution < 1.29 is 14.3 Å². The highest BCUT2D eigenvalue weighted by Crippen LogP contribution is 2.29. The second kappa shape index (κ2) is 4.18. The third kappa shape index (κ3) is 1.69. The highest BCUT2D eigenvalue weighted by atomic mass is 16.5. The highest BCUT2D eigenvalue weighted by Gasteiger charge is 2.27. The van der Waals surface area contributed by atoms with Crippen LogP contribution in [0.1, 0.15) is 6.92 Å². The standard InChI is InChI=1S/C12H11NO3/c1-2-16-10-6-4-3-5-9(10)13-11(14)7-8-12(13)15/h3-8H,2H2,1H3. The summed E-state index contributed by atoms with van der Waals surface area (Å²) in [4.78, 5) is 24.1. The molecule has 0 atom stereocenters. The second-order valence-electron chi connectivity index (χ2n) is 3.25. The van der Waals surface area contributed by atoms with Gasteiger partial charge in [-0.25, -0.2) is 4.90 Å². The summed E-state index contributed by atoms with van der Waals surface area (Å²) in [7, 11) is 0.